The molecule has 1 aliphatic carbocycles. The Morgan fingerprint density at radius 1 is 1.04 bits per heavy atom. The predicted molar refractivity (Wildman–Crippen MR) is 193 cm³/mol. The van der Waals surface area contributed by atoms with Gasteiger partial charge in [-0.15, -0.1) is 0 Å². The Hall–Kier alpha value is -2.69. The van der Waals surface area contributed by atoms with Gasteiger partial charge >= 0.3 is 35.2 Å². The minimum Gasteiger partial charge on any atom is -0.384 e. The highest BCUT2D eigenvalue weighted by atomic mass is 32.2. The number of nitrogens with zero attached hydrogens (tertiary/aromatic N) is 2. The van der Waals surface area contributed by atoms with Crippen molar-refractivity contribution >= 4 is 65.0 Å². The highest BCUT2D eigenvalue weighted by molar-refractivity contribution is 8.00. The number of carbonyl (C=O) groups is 3. The molecule has 0 bridgehead atoms. The summed E-state index contributed by atoms with van der Waals surface area (Å²) in [5.74, 6) is 0.575. The Morgan fingerprint density at radius 3 is 2.44 bits per heavy atom. The molecule has 55 heavy (non-hydrogen) atoms. The topological polar surface area (TPSA) is 350 Å². The van der Waals surface area contributed by atoms with Gasteiger partial charge < -0.3 is 56.4 Å². The summed E-state index contributed by atoms with van der Waals surface area (Å²) in [5, 5.41) is 22.7. The van der Waals surface area contributed by atoms with E-state index < -0.39 is 53.2 Å². The molecule has 5 rings (SSSR count). The maximum Gasteiger partial charge on any atom is 0.490 e. The molecule has 308 valence electrons. The van der Waals surface area contributed by atoms with Gasteiger partial charge in [-0.25, -0.2) is 23.3 Å². The maximum atomic E-state index is 12.6. The fourth-order valence-electron chi connectivity index (χ4n) is 6.49. The third kappa shape index (κ3) is 12.2. The van der Waals surface area contributed by atoms with Gasteiger partial charge in [-0.05, 0) is 25.7 Å². The molecule has 27 heteroatoms. The number of ether oxygens (including phenoxy) is 1. The number of hydrogen-bond donors (Lipinski definition) is 10. The molecule has 0 radical (unpaired) electrons. The monoisotopic (exact) mass is 859 g/mol. The lowest BCUT2D eigenvalue weighted by Gasteiger charge is -2.21. The minimum atomic E-state index is -5.77. The third-order valence-corrected chi connectivity index (χ3v) is 14.5. The largest absolute Gasteiger partial charge is 0.490 e. The van der Waals surface area contributed by atoms with Crippen molar-refractivity contribution in [2.45, 2.75) is 99.2 Å². The summed E-state index contributed by atoms with van der Waals surface area (Å²) in [6.07, 6.45) is 5.39. The number of nitrogens with two attached hydrogens (primary N) is 1. The van der Waals surface area contributed by atoms with Crippen molar-refractivity contribution in [3.63, 3.8) is 0 Å². The van der Waals surface area contributed by atoms with Crippen LogP contribution >= 0.6 is 35.2 Å². The first-order valence-electron chi connectivity index (χ1n) is 17.2. The summed E-state index contributed by atoms with van der Waals surface area (Å²) in [6.45, 7) is 0.652. The molecule has 23 nitrogen and oxygen atoms in total. The molecule has 3 aliphatic heterocycles. The van der Waals surface area contributed by atoms with E-state index in [1.54, 1.807) is 6.08 Å². The molecule has 4 amide bonds. The first-order chi connectivity index (χ1) is 25.8. The average molecular weight is 860 g/mol. The van der Waals surface area contributed by atoms with Crippen LogP contribution in [-0.2, 0) is 41.2 Å². The summed E-state index contributed by atoms with van der Waals surface area (Å²) in [6, 6.07) is 0.252. The number of carbonyl (C=O) groups excluding carboxylic acids is 3. The van der Waals surface area contributed by atoms with Crippen LogP contribution in [0, 0.1) is 0 Å². The van der Waals surface area contributed by atoms with Gasteiger partial charge in [-0.1, -0.05) is 25.0 Å². The SMILES string of the molecule is Nc1nc(=O)n([C@H]2C[C@@]3(O)C(OP(=O)(O)OP(=O)(O)OP(=O)(O)O)[C@H]3O2)cc1/C=C/CNC(=O)CCCCCNC(=O)CCCC[C@@H]1SC[C@@H]2NC(=O)N[C@@H]21. The lowest BCUT2D eigenvalue weighted by Crippen LogP contribution is -2.36. The second kappa shape index (κ2) is 17.8. The normalized spacial score (nSPS) is 29.1. The zero-order valence-electron chi connectivity index (χ0n) is 29.1. The van der Waals surface area contributed by atoms with Crippen molar-refractivity contribution in [1.82, 2.24) is 30.8 Å². The van der Waals surface area contributed by atoms with Crippen molar-refractivity contribution in [1.29, 1.82) is 0 Å². The Bertz CT molecular complexity index is 1850. The Labute approximate surface area is 318 Å². The van der Waals surface area contributed by atoms with E-state index in [1.807, 2.05) is 11.8 Å². The van der Waals surface area contributed by atoms with E-state index in [2.05, 4.69) is 39.4 Å². The molecular weight excluding hydrogens is 815 g/mol. The lowest BCUT2D eigenvalue weighted by molar-refractivity contribution is -0.122. The minimum absolute atomic E-state index is 0.00503. The Kier molecular flexibility index (Phi) is 14.1. The number of unbranched alkanes of at least 4 members (excludes halogenated alkanes) is 3. The summed E-state index contributed by atoms with van der Waals surface area (Å²) in [5.41, 5.74) is 3.33. The number of amides is 4. The van der Waals surface area contributed by atoms with Crippen LogP contribution in [0.4, 0.5) is 10.6 Å². The zero-order valence-corrected chi connectivity index (χ0v) is 32.6. The summed E-state index contributed by atoms with van der Waals surface area (Å²) < 4.78 is 53.0. The molecule has 3 saturated heterocycles. The van der Waals surface area contributed by atoms with Gasteiger partial charge in [0.2, 0.25) is 11.8 Å². The second-order valence-electron chi connectivity index (χ2n) is 13.3. The maximum absolute atomic E-state index is 12.6. The van der Waals surface area contributed by atoms with Crippen molar-refractivity contribution < 1.29 is 70.6 Å². The number of nitrogens with one attached hydrogen (secondary N) is 4. The number of thioether (sulfide) groups is 1. The van der Waals surface area contributed by atoms with Gasteiger partial charge in [0.05, 0.1) is 12.1 Å². The van der Waals surface area contributed by atoms with Gasteiger partial charge in [-0.3, -0.25) is 18.7 Å². The van der Waals surface area contributed by atoms with Gasteiger partial charge in [0.1, 0.15) is 29.9 Å². The quantitative estimate of drug-likeness (QED) is 0.0445. The standard InChI is InChI=1S/C28H44N7O16P3S/c29-25-16(14-35(27(39)34-25)21-13-28(40)23(48-21)24(28)49-53(44,45)51-54(46,47)50-52(41,42)43)7-6-12-31-19(36)9-2-1-5-11-30-20(37)10-4-3-8-18-22-17(15-55-18)32-26(38)33-22/h6-7,14,17-18,21-24,40H,1-5,8-13,15H2,(H,30,37)(H,31,36)(H,44,45)(H,46,47)(H2,29,34,39)(H2,32,33,38)(H2,41,42,43)/b7-6+/t17-,18-,21+,22-,23+,24?,28-/m0/s1. The van der Waals surface area contributed by atoms with E-state index in [-0.39, 0.29) is 60.7 Å². The average Bonchev–Trinajstić information content (AvgIpc) is 3.45. The molecule has 4 aliphatic rings. The Morgan fingerprint density at radius 2 is 1.75 bits per heavy atom. The fourth-order valence-corrected chi connectivity index (χ4v) is 11.3. The van der Waals surface area contributed by atoms with Crippen molar-refractivity contribution in [2.24, 2.45) is 0 Å². The van der Waals surface area contributed by atoms with Crippen LogP contribution in [0.25, 0.3) is 6.08 Å². The number of rotatable bonds is 21. The van der Waals surface area contributed by atoms with Crippen LogP contribution in [-0.4, -0.2) is 106 Å². The number of urea groups is 1. The number of nitrogen functional groups attached to an aromatic ring is 1. The van der Waals surface area contributed by atoms with Gasteiger partial charge in [0.25, 0.3) is 0 Å². The van der Waals surface area contributed by atoms with Gasteiger partial charge in [0, 0.05) is 55.1 Å². The van der Waals surface area contributed by atoms with E-state index in [9.17, 15) is 47.8 Å². The molecule has 1 aromatic rings. The van der Waals surface area contributed by atoms with E-state index >= 15 is 0 Å². The van der Waals surface area contributed by atoms with Crippen molar-refractivity contribution in [2.75, 3.05) is 24.6 Å². The molecule has 4 heterocycles. The molecule has 9 atom stereocenters. The van der Waals surface area contributed by atoms with Gasteiger partial charge in [0.15, 0.2) is 0 Å². The molecule has 11 N–H and O–H groups in total. The Balaban J connectivity index is 0.948. The van der Waals surface area contributed by atoms with E-state index in [4.69, 9.17) is 20.3 Å². The highest BCUT2D eigenvalue weighted by Gasteiger charge is 2.74. The number of hydrogen-bond acceptors (Lipinski definition) is 15. The molecule has 1 aromatic heterocycles. The van der Waals surface area contributed by atoms with Crippen LogP contribution in [0.1, 0.15) is 69.6 Å². The third-order valence-electron chi connectivity index (χ3n) is 9.14. The molecule has 1 saturated carbocycles. The predicted octanol–water partition coefficient (Wildman–Crippen LogP) is 0.101. The number of phosphoric ester groups is 1. The number of phosphoric acid groups is 3. The van der Waals surface area contributed by atoms with E-state index in [0.717, 1.165) is 42.4 Å². The molecule has 3 unspecified atom stereocenters. The second-order valence-corrected chi connectivity index (χ2v) is 19.0. The molecular formula is C28H44N7O16P3S. The highest BCUT2D eigenvalue weighted by Crippen LogP contribution is 2.69. The van der Waals surface area contributed by atoms with Gasteiger partial charge in [-0.2, -0.15) is 25.4 Å². The summed E-state index contributed by atoms with van der Waals surface area (Å²) in [4.78, 5) is 88.6. The fraction of sp³-hybridized carbons (Fsp3) is 0.679. The lowest BCUT2D eigenvalue weighted by atomic mass is 10.0. The van der Waals surface area contributed by atoms with Crippen LogP contribution in [0.3, 0.4) is 0 Å². The zero-order chi connectivity index (χ0) is 40.2. The van der Waals surface area contributed by atoms with E-state index in [0.29, 0.717) is 24.6 Å². The van der Waals surface area contributed by atoms with Crippen LogP contribution in [0.2, 0.25) is 0 Å². The summed E-state index contributed by atoms with van der Waals surface area (Å²) >= 11 is 1.85. The summed E-state index contributed by atoms with van der Waals surface area (Å²) in [7, 11) is -16.9. The van der Waals surface area contributed by atoms with Crippen LogP contribution in [0.15, 0.2) is 17.1 Å². The number of aromatic nitrogens is 2. The number of aliphatic hydroxyl groups is 1. The molecule has 4 fully saturated rings. The van der Waals surface area contributed by atoms with Crippen molar-refractivity contribution in [3.05, 3.63) is 28.3 Å². The number of fused-ring (bicyclic) bond motifs is 2. The van der Waals surface area contributed by atoms with Crippen LogP contribution < -0.4 is 32.7 Å². The first kappa shape index (κ1) is 43.4. The number of anilines is 1. The van der Waals surface area contributed by atoms with Crippen molar-refractivity contribution in [3.8, 4) is 0 Å². The first-order valence-corrected chi connectivity index (χ1v) is 22.8. The smallest absolute Gasteiger partial charge is 0.384 e. The van der Waals surface area contributed by atoms with Crippen LogP contribution in [0.5, 0.6) is 0 Å². The van der Waals surface area contributed by atoms with E-state index in [1.165, 1.54) is 12.3 Å². The molecule has 0 aromatic carbocycles. The molecule has 0 spiro atoms.